The molecule has 3 saturated carbocycles. The molecule has 0 amide bonds. The Morgan fingerprint density at radius 2 is 1.93 bits per heavy atom. The van der Waals surface area contributed by atoms with E-state index in [-0.39, 0.29) is 42.2 Å². The highest BCUT2D eigenvalue weighted by Gasteiger charge is 2.68. The van der Waals surface area contributed by atoms with Gasteiger partial charge in [-0.2, -0.15) is 0 Å². The van der Waals surface area contributed by atoms with Gasteiger partial charge in [-0.1, -0.05) is 25.5 Å². The Morgan fingerprint density at radius 1 is 1.28 bits per heavy atom. The normalized spacial score (nSPS) is 42.6. The summed E-state index contributed by atoms with van der Waals surface area (Å²) in [6, 6.07) is 0. The van der Waals surface area contributed by atoms with Crippen molar-refractivity contribution in [3.05, 3.63) is 23.8 Å². The maximum atomic E-state index is 13.3. The highest BCUT2D eigenvalue weighted by Crippen LogP contribution is 2.66. The number of allylic oxidation sites excluding steroid dienone is 4. The number of ketones is 3. The first kappa shape index (κ1) is 21.6. The van der Waals surface area contributed by atoms with Crippen LogP contribution in [0.3, 0.4) is 0 Å². The molecule has 4 aliphatic carbocycles. The Hall–Kier alpha value is -2.12. The fourth-order valence-corrected chi connectivity index (χ4v) is 6.62. The van der Waals surface area contributed by atoms with E-state index in [1.807, 2.05) is 19.9 Å². The third kappa shape index (κ3) is 2.94. The number of carboxylic acid groups (broad SMARTS) is 1. The van der Waals surface area contributed by atoms with E-state index >= 15 is 0 Å². The molecular weight excluding hydrogens is 376 g/mol. The average molecular weight is 404 g/mol. The molecule has 29 heavy (non-hydrogen) atoms. The average Bonchev–Trinajstić information content (AvgIpc) is 2.93. The van der Waals surface area contributed by atoms with E-state index in [1.54, 1.807) is 12.2 Å². The lowest BCUT2D eigenvalue weighted by atomic mass is 9.46. The van der Waals surface area contributed by atoms with Crippen LogP contribution in [-0.2, 0) is 19.2 Å². The van der Waals surface area contributed by atoms with Gasteiger partial charge in [0.1, 0.15) is 18.0 Å². The van der Waals surface area contributed by atoms with Gasteiger partial charge in [-0.3, -0.25) is 19.2 Å². The summed E-state index contributed by atoms with van der Waals surface area (Å²) >= 11 is 0. The molecule has 0 aromatic carbocycles. The van der Waals surface area contributed by atoms with Crippen molar-refractivity contribution in [2.75, 3.05) is 6.61 Å². The summed E-state index contributed by atoms with van der Waals surface area (Å²) in [5, 5.41) is 27.4. The Kier molecular flexibility index (Phi) is 5.43. The smallest absolute Gasteiger partial charge is 0.290 e. The van der Waals surface area contributed by atoms with Crippen LogP contribution in [0.1, 0.15) is 46.0 Å². The first-order valence-corrected chi connectivity index (χ1v) is 10.0. The van der Waals surface area contributed by atoms with Gasteiger partial charge in [0.2, 0.25) is 0 Å². The molecule has 0 aromatic rings. The van der Waals surface area contributed by atoms with E-state index in [0.717, 1.165) is 18.4 Å². The lowest BCUT2D eigenvalue weighted by Gasteiger charge is -2.56. The summed E-state index contributed by atoms with van der Waals surface area (Å²) < 4.78 is 0. The monoisotopic (exact) mass is 404 g/mol. The Bertz CT molecular complexity index is 812. The lowest BCUT2D eigenvalue weighted by molar-refractivity contribution is -0.168. The fraction of sp³-hybridized carbons (Fsp3) is 0.636. The molecule has 0 heterocycles. The van der Waals surface area contributed by atoms with Crippen molar-refractivity contribution in [3.63, 3.8) is 0 Å². The molecule has 0 unspecified atom stereocenters. The summed E-state index contributed by atoms with van der Waals surface area (Å²) in [5.41, 5.74) is -1.86. The fourth-order valence-electron chi connectivity index (χ4n) is 6.62. The minimum atomic E-state index is -1.62. The van der Waals surface area contributed by atoms with Crippen molar-refractivity contribution in [2.45, 2.75) is 51.6 Å². The molecule has 0 spiro atoms. The van der Waals surface area contributed by atoms with Gasteiger partial charge in [-0.25, -0.2) is 0 Å². The van der Waals surface area contributed by atoms with Crippen molar-refractivity contribution in [1.29, 1.82) is 0 Å². The van der Waals surface area contributed by atoms with Crippen LogP contribution in [0.25, 0.3) is 0 Å². The van der Waals surface area contributed by atoms with E-state index in [1.165, 1.54) is 0 Å². The van der Waals surface area contributed by atoms with Crippen molar-refractivity contribution in [2.24, 2.45) is 28.6 Å². The number of aliphatic hydroxyl groups excluding tert-OH is 1. The molecule has 7 nitrogen and oxygen atoms in total. The van der Waals surface area contributed by atoms with Gasteiger partial charge >= 0.3 is 0 Å². The second-order valence-electron chi connectivity index (χ2n) is 9.12. The number of Topliss-reactive ketones (excluding diaryl/α,β-unsaturated/α-hetero) is 2. The molecular formula is C22H28O7. The van der Waals surface area contributed by atoms with Gasteiger partial charge in [0.05, 0.1) is 0 Å². The maximum absolute atomic E-state index is 13.3. The van der Waals surface area contributed by atoms with Crippen LogP contribution in [0, 0.1) is 28.6 Å². The number of carbonyl (C=O) groups is 4. The summed E-state index contributed by atoms with van der Waals surface area (Å²) in [5.74, 6) is -0.590. The number of hydrogen-bond acceptors (Lipinski definition) is 6. The molecule has 0 aliphatic heterocycles. The van der Waals surface area contributed by atoms with Crippen molar-refractivity contribution >= 4 is 23.8 Å². The zero-order valence-electron chi connectivity index (χ0n) is 16.8. The molecule has 3 N–H and O–H groups in total. The van der Waals surface area contributed by atoms with Crippen LogP contribution in [-0.4, -0.2) is 51.3 Å². The van der Waals surface area contributed by atoms with E-state index in [9.17, 15) is 24.6 Å². The van der Waals surface area contributed by atoms with Gasteiger partial charge in [0, 0.05) is 23.2 Å². The summed E-state index contributed by atoms with van der Waals surface area (Å²) in [6.07, 6.45) is 7.82. The highest BCUT2D eigenvalue weighted by molar-refractivity contribution is 6.02. The van der Waals surface area contributed by atoms with Gasteiger partial charge < -0.3 is 15.3 Å². The number of carbonyl (C=O) groups excluding carboxylic acids is 3. The second kappa shape index (κ2) is 7.29. The van der Waals surface area contributed by atoms with Crippen LogP contribution in [0.5, 0.6) is 0 Å². The zero-order valence-corrected chi connectivity index (χ0v) is 16.8. The summed E-state index contributed by atoms with van der Waals surface area (Å²) in [7, 11) is 0. The first-order valence-electron chi connectivity index (χ1n) is 10.0. The quantitative estimate of drug-likeness (QED) is 0.594. The van der Waals surface area contributed by atoms with Crippen LogP contribution >= 0.6 is 0 Å². The molecule has 4 rings (SSSR count). The predicted octanol–water partition coefficient (Wildman–Crippen LogP) is 1.47. The molecule has 7 heteroatoms. The van der Waals surface area contributed by atoms with Crippen LogP contribution in [0.2, 0.25) is 0 Å². The van der Waals surface area contributed by atoms with E-state index in [2.05, 4.69) is 0 Å². The van der Waals surface area contributed by atoms with E-state index in [0.29, 0.717) is 12.8 Å². The van der Waals surface area contributed by atoms with Gasteiger partial charge in [0.15, 0.2) is 11.6 Å². The highest BCUT2D eigenvalue weighted by atomic mass is 16.3. The van der Waals surface area contributed by atoms with Gasteiger partial charge in [0.25, 0.3) is 6.47 Å². The van der Waals surface area contributed by atoms with Crippen molar-refractivity contribution in [1.82, 2.24) is 0 Å². The predicted molar refractivity (Wildman–Crippen MR) is 103 cm³/mol. The van der Waals surface area contributed by atoms with E-state index in [4.69, 9.17) is 9.90 Å². The van der Waals surface area contributed by atoms with Crippen molar-refractivity contribution < 1.29 is 34.5 Å². The Balaban J connectivity index is 0.000000755. The molecule has 6 atom stereocenters. The third-order valence-corrected chi connectivity index (χ3v) is 8.01. The minimum absolute atomic E-state index is 0.0206. The molecule has 0 saturated heterocycles. The summed E-state index contributed by atoms with van der Waals surface area (Å²) in [6.45, 7) is 2.94. The Labute approximate surface area is 169 Å². The van der Waals surface area contributed by atoms with Gasteiger partial charge in [-0.15, -0.1) is 0 Å². The number of fused-ring (bicyclic) bond motifs is 5. The molecule has 0 bridgehead atoms. The standard InChI is InChI=1S/C21H26O5.CH2O2/c1-19-7-5-13(23)9-12(19)3-4-14-15-6-8-21(26,17(25)11-22)20(15,2)10-16(24)18(14)19;2-1-3/h5,7,9,14-15,18,22,26H,3-4,6,8,10-11H2,1-2H3;1H,(H,2,3)/t14-,15-,18+,19-,20-,21-;/m0./s1. The minimum Gasteiger partial charge on any atom is -0.483 e. The van der Waals surface area contributed by atoms with Crippen LogP contribution < -0.4 is 0 Å². The molecule has 158 valence electrons. The van der Waals surface area contributed by atoms with Crippen molar-refractivity contribution in [3.8, 4) is 0 Å². The largest absolute Gasteiger partial charge is 0.483 e. The molecule has 4 aliphatic rings. The summed E-state index contributed by atoms with van der Waals surface area (Å²) in [4.78, 5) is 45.8. The topological polar surface area (TPSA) is 129 Å². The van der Waals surface area contributed by atoms with Crippen LogP contribution in [0.4, 0.5) is 0 Å². The Morgan fingerprint density at radius 3 is 2.55 bits per heavy atom. The van der Waals surface area contributed by atoms with Gasteiger partial charge in [-0.05, 0) is 49.7 Å². The third-order valence-electron chi connectivity index (χ3n) is 8.01. The second-order valence-corrected chi connectivity index (χ2v) is 9.12. The number of hydrogen-bond donors (Lipinski definition) is 3. The maximum Gasteiger partial charge on any atom is 0.290 e. The molecule has 0 aromatic heterocycles. The lowest BCUT2D eigenvalue weighted by Crippen LogP contribution is -2.60. The first-order chi connectivity index (χ1) is 13.6. The number of aliphatic hydroxyl groups is 2. The molecule has 0 radical (unpaired) electrons. The number of rotatable bonds is 2. The molecule has 3 fully saturated rings. The SMILES string of the molecule is C[C@]12C=CC(=O)C=C1CC[C@@H]1[C@@H]2C(=O)C[C@@]2(C)[C@H]1CC[C@]2(O)C(=O)CO.O=CO. The van der Waals surface area contributed by atoms with Crippen LogP contribution in [0.15, 0.2) is 23.8 Å². The van der Waals surface area contributed by atoms with E-state index < -0.39 is 28.8 Å². The zero-order chi connectivity index (χ0) is 21.6.